The van der Waals surface area contributed by atoms with Gasteiger partial charge in [0, 0.05) is 19.8 Å². The van der Waals surface area contributed by atoms with Crippen LogP contribution in [0.25, 0.3) is 6.08 Å². The molecule has 5 nitrogen and oxygen atoms in total. The van der Waals surface area contributed by atoms with Gasteiger partial charge in [-0.1, -0.05) is 42.5 Å². The van der Waals surface area contributed by atoms with E-state index in [1.54, 1.807) is 24.3 Å². The van der Waals surface area contributed by atoms with Gasteiger partial charge in [-0.15, -0.1) is 0 Å². The Kier molecular flexibility index (Phi) is 8.61. The topological polar surface area (TPSA) is 61.8 Å². The number of carbonyl (C=O) groups is 2. The summed E-state index contributed by atoms with van der Waals surface area (Å²) in [4.78, 5) is 23.0. The molecule has 1 saturated heterocycles. The molecule has 1 unspecified atom stereocenters. The molecule has 2 aromatic carbocycles. The first kappa shape index (κ1) is 22.5. The van der Waals surface area contributed by atoms with Crippen LogP contribution in [0.2, 0.25) is 0 Å². The van der Waals surface area contributed by atoms with E-state index < -0.39 is 0 Å². The molecule has 2 aromatic rings. The van der Waals surface area contributed by atoms with Crippen molar-refractivity contribution < 1.29 is 23.8 Å². The number of ether oxygens (including phenoxy) is 3. The minimum Gasteiger partial charge on any atom is -0.465 e. The maximum Gasteiger partial charge on any atom is 0.308 e. The Morgan fingerprint density at radius 3 is 2.42 bits per heavy atom. The molecule has 0 bridgehead atoms. The third kappa shape index (κ3) is 8.22. The van der Waals surface area contributed by atoms with E-state index in [9.17, 15) is 9.59 Å². The lowest BCUT2D eigenvalue weighted by Gasteiger charge is -2.23. The number of rotatable bonds is 9. The molecule has 0 amide bonds. The highest BCUT2D eigenvalue weighted by Gasteiger charge is 2.14. The van der Waals surface area contributed by atoms with Crippen LogP contribution in [0.1, 0.15) is 43.7 Å². The van der Waals surface area contributed by atoms with Gasteiger partial charge in [0.1, 0.15) is 11.5 Å². The second kappa shape index (κ2) is 11.9. The number of benzene rings is 2. The zero-order valence-corrected chi connectivity index (χ0v) is 17.8. The Morgan fingerprint density at radius 1 is 1.00 bits per heavy atom. The molecular weight excluding hydrogens is 392 g/mol. The zero-order valence-electron chi connectivity index (χ0n) is 17.8. The van der Waals surface area contributed by atoms with Gasteiger partial charge in [-0.05, 0) is 60.7 Å². The number of ketones is 1. The molecule has 162 valence electrons. The third-order valence-electron chi connectivity index (χ3n) is 4.81. The van der Waals surface area contributed by atoms with E-state index in [0.717, 1.165) is 42.7 Å². The van der Waals surface area contributed by atoms with Gasteiger partial charge in [0.2, 0.25) is 0 Å². The van der Waals surface area contributed by atoms with E-state index in [1.807, 2.05) is 48.6 Å². The molecule has 1 heterocycles. The van der Waals surface area contributed by atoms with E-state index in [1.165, 1.54) is 6.92 Å². The summed E-state index contributed by atoms with van der Waals surface area (Å²) in [5.41, 5.74) is 2.05. The summed E-state index contributed by atoms with van der Waals surface area (Å²) in [5.74, 6) is 1.02. The monoisotopic (exact) mass is 420 g/mol. The average molecular weight is 421 g/mol. The molecule has 1 aliphatic rings. The van der Waals surface area contributed by atoms with Crippen LogP contribution in [0.3, 0.4) is 0 Å². The third-order valence-corrected chi connectivity index (χ3v) is 4.81. The summed E-state index contributed by atoms with van der Waals surface area (Å²) in [5, 5.41) is 0. The van der Waals surface area contributed by atoms with Gasteiger partial charge in [0.15, 0.2) is 12.1 Å². The van der Waals surface area contributed by atoms with Crippen LogP contribution in [0.5, 0.6) is 11.5 Å². The second-order valence-corrected chi connectivity index (χ2v) is 7.41. The number of aryl methyl sites for hydroxylation is 1. The molecule has 3 rings (SSSR count). The first-order chi connectivity index (χ1) is 15.1. The van der Waals surface area contributed by atoms with Crippen LogP contribution >= 0.6 is 0 Å². The van der Waals surface area contributed by atoms with Crippen LogP contribution in [0.15, 0.2) is 66.8 Å². The molecule has 0 saturated carbocycles. The van der Waals surface area contributed by atoms with Crippen LogP contribution < -0.4 is 9.47 Å². The molecule has 1 fully saturated rings. The van der Waals surface area contributed by atoms with Gasteiger partial charge in [0.05, 0.1) is 6.61 Å². The van der Waals surface area contributed by atoms with Crippen molar-refractivity contribution in [2.24, 2.45) is 0 Å². The quantitative estimate of drug-likeness (QED) is 0.239. The van der Waals surface area contributed by atoms with Crippen LogP contribution in [-0.2, 0) is 20.7 Å². The molecule has 0 N–H and O–H groups in total. The van der Waals surface area contributed by atoms with Crippen molar-refractivity contribution in [3.63, 3.8) is 0 Å². The minimum absolute atomic E-state index is 0.0601. The Bertz CT molecular complexity index is 904. The summed E-state index contributed by atoms with van der Waals surface area (Å²) in [6.45, 7) is 2.13. The van der Waals surface area contributed by atoms with Crippen molar-refractivity contribution in [2.45, 2.75) is 45.3 Å². The predicted molar refractivity (Wildman–Crippen MR) is 120 cm³/mol. The first-order valence-corrected chi connectivity index (χ1v) is 10.6. The SMILES string of the molecule is CC(=O)Oc1ccc(CCC(=O)/C=C/C=C/c2ccc(OC3CCCCO3)cc2)cc1. The fourth-order valence-electron chi connectivity index (χ4n) is 3.18. The maximum atomic E-state index is 12.1. The van der Waals surface area contributed by atoms with Gasteiger partial charge in [-0.3, -0.25) is 9.59 Å². The van der Waals surface area contributed by atoms with Gasteiger partial charge in [-0.2, -0.15) is 0 Å². The largest absolute Gasteiger partial charge is 0.465 e. The lowest BCUT2D eigenvalue weighted by atomic mass is 10.1. The van der Waals surface area contributed by atoms with Crippen LogP contribution in [-0.4, -0.2) is 24.6 Å². The summed E-state index contributed by atoms with van der Waals surface area (Å²) in [6, 6.07) is 15.0. The smallest absolute Gasteiger partial charge is 0.308 e. The van der Waals surface area contributed by atoms with Gasteiger partial charge < -0.3 is 14.2 Å². The van der Waals surface area contributed by atoms with Gasteiger partial charge in [-0.25, -0.2) is 0 Å². The Balaban J connectivity index is 1.40. The summed E-state index contributed by atoms with van der Waals surface area (Å²) >= 11 is 0. The van der Waals surface area contributed by atoms with Crippen molar-refractivity contribution in [2.75, 3.05) is 6.61 Å². The molecule has 0 aromatic heterocycles. The van der Waals surface area contributed by atoms with E-state index in [0.29, 0.717) is 18.6 Å². The summed E-state index contributed by atoms with van der Waals surface area (Å²) in [7, 11) is 0. The number of hydrogen-bond donors (Lipinski definition) is 0. The van der Waals surface area contributed by atoms with Crippen molar-refractivity contribution in [3.8, 4) is 11.5 Å². The number of carbonyl (C=O) groups excluding carboxylic acids is 2. The molecule has 1 aliphatic heterocycles. The van der Waals surface area contributed by atoms with Crippen molar-refractivity contribution >= 4 is 17.8 Å². The molecule has 0 aliphatic carbocycles. The Labute approximate surface area is 183 Å². The highest BCUT2D eigenvalue weighted by Crippen LogP contribution is 2.20. The average Bonchev–Trinajstić information content (AvgIpc) is 2.78. The molecule has 31 heavy (non-hydrogen) atoms. The van der Waals surface area contributed by atoms with Crippen molar-refractivity contribution in [3.05, 3.63) is 77.9 Å². The molecule has 5 heteroatoms. The Morgan fingerprint density at radius 2 is 1.74 bits per heavy atom. The van der Waals surface area contributed by atoms with E-state index in [2.05, 4.69) is 0 Å². The highest BCUT2D eigenvalue weighted by molar-refractivity contribution is 5.90. The first-order valence-electron chi connectivity index (χ1n) is 10.6. The lowest BCUT2D eigenvalue weighted by Crippen LogP contribution is -2.24. The summed E-state index contributed by atoms with van der Waals surface area (Å²) < 4.78 is 16.4. The summed E-state index contributed by atoms with van der Waals surface area (Å²) in [6.07, 6.45) is 11.2. The fraction of sp³-hybridized carbons (Fsp3) is 0.308. The number of esters is 1. The standard InChI is InChI=1S/C26H28O5/c1-20(27)30-24-15-12-22(13-16-24)9-14-23(28)7-3-2-6-21-10-17-25(18-11-21)31-26-8-4-5-19-29-26/h2-3,6-7,10-13,15-18,26H,4-5,8-9,14,19H2,1H3/b6-2+,7-3+. The number of allylic oxidation sites excluding steroid dienone is 3. The van der Waals surface area contributed by atoms with Gasteiger partial charge >= 0.3 is 5.97 Å². The lowest BCUT2D eigenvalue weighted by molar-refractivity contribution is -0.131. The van der Waals surface area contributed by atoms with E-state index >= 15 is 0 Å². The van der Waals surface area contributed by atoms with Crippen LogP contribution in [0.4, 0.5) is 0 Å². The highest BCUT2D eigenvalue weighted by atomic mass is 16.7. The minimum atomic E-state index is -0.348. The molecule has 0 radical (unpaired) electrons. The van der Waals surface area contributed by atoms with Crippen molar-refractivity contribution in [1.29, 1.82) is 0 Å². The normalized spacial score (nSPS) is 16.5. The molecule has 1 atom stereocenters. The number of hydrogen-bond acceptors (Lipinski definition) is 5. The fourth-order valence-corrected chi connectivity index (χ4v) is 3.18. The predicted octanol–water partition coefficient (Wildman–Crippen LogP) is 5.29. The van der Waals surface area contributed by atoms with Crippen molar-refractivity contribution in [1.82, 2.24) is 0 Å². The maximum absolute atomic E-state index is 12.1. The zero-order chi connectivity index (χ0) is 21.9. The van der Waals surface area contributed by atoms with Gasteiger partial charge in [0.25, 0.3) is 0 Å². The Hall–Kier alpha value is -3.18. The van der Waals surface area contributed by atoms with E-state index in [4.69, 9.17) is 14.2 Å². The molecule has 0 spiro atoms. The molecular formula is C26H28O5. The van der Waals surface area contributed by atoms with E-state index in [-0.39, 0.29) is 18.0 Å². The van der Waals surface area contributed by atoms with Crippen LogP contribution in [0, 0.1) is 0 Å². The second-order valence-electron chi connectivity index (χ2n) is 7.41.